The number of nitro benzene ring substituents is 1. The van der Waals surface area contributed by atoms with E-state index in [-0.39, 0.29) is 23.9 Å². The van der Waals surface area contributed by atoms with Gasteiger partial charge in [-0.05, 0) is 44.4 Å². The lowest BCUT2D eigenvalue weighted by Crippen LogP contribution is -2.01. The fourth-order valence-electron chi connectivity index (χ4n) is 2.27. The third-order valence-corrected chi connectivity index (χ3v) is 3.49. The predicted molar refractivity (Wildman–Crippen MR) is 80.3 cm³/mol. The highest BCUT2D eigenvalue weighted by Crippen LogP contribution is 2.42. The number of carbonyl (C=O) groups excluding carboxylic acids is 1. The SMILES string of the molecule is CCOC(=O)/C=C(\C)CC[C@@H]1O[C@H]1c1ccc([N+](=O)[O-])cc1. The van der Waals surface area contributed by atoms with E-state index in [4.69, 9.17) is 9.47 Å². The largest absolute Gasteiger partial charge is 0.463 e. The molecule has 22 heavy (non-hydrogen) atoms. The first-order chi connectivity index (χ1) is 10.5. The van der Waals surface area contributed by atoms with Crippen molar-refractivity contribution in [2.75, 3.05) is 6.61 Å². The first kappa shape index (κ1) is 16.2. The monoisotopic (exact) mass is 305 g/mol. The van der Waals surface area contributed by atoms with Gasteiger partial charge < -0.3 is 9.47 Å². The van der Waals surface area contributed by atoms with Crippen LogP contribution in [0.3, 0.4) is 0 Å². The van der Waals surface area contributed by atoms with Gasteiger partial charge in [0.05, 0.1) is 17.6 Å². The Morgan fingerprint density at radius 2 is 2.09 bits per heavy atom. The molecule has 0 bridgehead atoms. The lowest BCUT2D eigenvalue weighted by Gasteiger charge is -2.00. The van der Waals surface area contributed by atoms with Crippen molar-refractivity contribution in [2.24, 2.45) is 0 Å². The van der Waals surface area contributed by atoms with E-state index in [0.717, 1.165) is 24.0 Å². The molecule has 2 rings (SSSR count). The third kappa shape index (κ3) is 4.39. The molecule has 0 spiro atoms. The summed E-state index contributed by atoms with van der Waals surface area (Å²) in [6.45, 7) is 4.03. The number of carbonyl (C=O) groups is 1. The Kier molecular flexibility index (Phi) is 5.27. The maximum absolute atomic E-state index is 11.3. The Balaban J connectivity index is 1.80. The molecule has 118 valence electrons. The number of nitro groups is 1. The summed E-state index contributed by atoms with van der Waals surface area (Å²) in [4.78, 5) is 21.5. The van der Waals surface area contributed by atoms with Crippen molar-refractivity contribution in [1.82, 2.24) is 0 Å². The summed E-state index contributed by atoms with van der Waals surface area (Å²) in [5.41, 5.74) is 1.98. The van der Waals surface area contributed by atoms with Gasteiger partial charge in [0.25, 0.3) is 5.69 Å². The molecule has 0 saturated carbocycles. The first-order valence-corrected chi connectivity index (χ1v) is 7.25. The van der Waals surface area contributed by atoms with Gasteiger partial charge in [0.2, 0.25) is 0 Å². The molecule has 1 saturated heterocycles. The molecule has 0 amide bonds. The Morgan fingerprint density at radius 1 is 1.41 bits per heavy atom. The van der Waals surface area contributed by atoms with Gasteiger partial charge in [0.15, 0.2) is 0 Å². The second-order valence-corrected chi connectivity index (χ2v) is 5.23. The second-order valence-electron chi connectivity index (χ2n) is 5.23. The van der Waals surface area contributed by atoms with Crippen molar-refractivity contribution in [3.8, 4) is 0 Å². The topological polar surface area (TPSA) is 82.0 Å². The number of epoxide rings is 1. The van der Waals surface area contributed by atoms with Crippen LogP contribution in [0.5, 0.6) is 0 Å². The van der Waals surface area contributed by atoms with Crippen molar-refractivity contribution in [2.45, 2.75) is 38.9 Å². The number of non-ortho nitro benzene ring substituents is 1. The normalized spacial score (nSPS) is 20.5. The third-order valence-electron chi connectivity index (χ3n) is 3.49. The summed E-state index contributed by atoms with van der Waals surface area (Å²) < 4.78 is 10.4. The standard InChI is InChI=1S/C16H19NO5/c1-3-21-15(18)10-11(2)4-9-14-16(22-14)12-5-7-13(8-6-12)17(19)20/h5-8,10,14,16H,3-4,9H2,1-2H3/b11-10+/t14-,16-/m0/s1. The number of allylic oxidation sites excluding steroid dienone is 1. The van der Waals surface area contributed by atoms with Crippen molar-refractivity contribution in [3.63, 3.8) is 0 Å². The quantitative estimate of drug-likeness (QED) is 0.254. The van der Waals surface area contributed by atoms with Crippen LogP contribution < -0.4 is 0 Å². The van der Waals surface area contributed by atoms with Crippen LogP contribution in [0.25, 0.3) is 0 Å². The van der Waals surface area contributed by atoms with Gasteiger partial charge in [-0.3, -0.25) is 10.1 Å². The Morgan fingerprint density at radius 3 is 2.68 bits per heavy atom. The average Bonchev–Trinajstić information content (AvgIpc) is 3.25. The van der Waals surface area contributed by atoms with Crippen LogP contribution in [0.2, 0.25) is 0 Å². The van der Waals surface area contributed by atoms with E-state index >= 15 is 0 Å². The molecule has 0 aliphatic carbocycles. The molecule has 2 atom stereocenters. The van der Waals surface area contributed by atoms with Crippen molar-refractivity contribution in [3.05, 3.63) is 51.6 Å². The number of nitrogens with zero attached hydrogens (tertiary/aromatic N) is 1. The summed E-state index contributed by atoms with van der Waals surface area (Å²) in [5.74, 6) is -0.316. The zero-order valence-corrected chi connectivity index (χ0v) is 12.7. The van der Waals surface area contributed by atoms with Crippen LogP contribution in [-0.4, -0.2) is 23.6 Å². The fraction of sp³-hybridized carbons (Fsp3) is 0.438. The number of rotatable bonds is 7. The highest BCUT2D eigenvalue weighted by molar-refractivity contribution is 5.82. The molecule has 1 aromatic rings. The number of ether oxygens (including phenoxy) is 2. The maximum Gasteiger partial charge on any atom is 0.330 e. The number of hydrogen-bond donors (Lipinski definition) is 0. The van der Waals surface area contributed by atoms with E-state index < -0.39 is 4.92 Å². The van der Waals surface area contributed by atoms with Gasteiger partial charge in [-0.2, -0.15) is 0 Å². The smallest absolute Gasteiger partial charge is 0.330 e. The highest BCUT2D eigenvalue weighted by Gasteiger charge is 2.39. The van der Waals surface area contributed by atoms with E-state index in [9.17, 15) is 14.9 Å². The lowest BCUT2D eigenvalue weighted by atomic mass is 10.0. The summed E-state index contributed by atoms with van der Waals surface area (Å²) >= 11 is 0. The van der Waals surface area contributed by atoms with Crippen molar-refractivity contribution >= 4 is 11.7 Å². The second kappa shape index (κ2) is 7.17. The van der Waals surface area contributed by atoms with Gasteiger partial charge in [0, 0.05) is 18.2 Å². The van der Waals surface area contributed by atoms with Gasteiger partial charge in [-0.25, -0.2) is 4.79 Å². The highest BCUT2D eigenvalue weighted by atomic mass is 16.6. The van der Waals surface area contributed by atoms with E-state index in [1.807, 2.05) is 6.92 Å². The van der Waals surface area contributed by atoms with Gasteiger partial charge in [0.1, 0.15) is 6.10 Å². The predicted octanol–water partition coefficient (Wildman–Crippen LogP) is 3.32. The Bertz CT molecular complexity index is 579. The van der Waals surface area contributed by atoms with E-state index in [1.165, 1.54) is 18.2 Å². The van der Waals surface area contributed by atoms with Gasteiger partial charge >= 0.3 is 5.97 Å². The van der Waals surface area contributed by atoms with Crippen LogP contribution in [-0.2, 0) is 14.3 Å². The number of benzene rings is 1. The van der Waals surface area contributed by atoms with Crippen LogP contribution >= 0.6 is 0 Å². The lowest BCUT2D eigenvalue weighted by molar-refractivity contribution is -0.384. The Labute approximate surface area is 128 Å². The molecule has 0 aromatic heterocycles. The molecule has 1 aromatic carbocycles. The van der Waals surface area contributed by atoms with Crippen molar-refractivity contribution < 1.29 is 19.2 Å². The zero-order valence-electron chi connectivity index (χ0n) is 12.7. The molecule has 0 radical (unpaired) electrons. The van der Waals surface area contributed by atoms with E-state index in [1.54, 1.807) is 19.1 Å². The number of hydrogen-bond acceptors (Lipinski definition) is 5. The van der Waals surface area contributed by atoms with Gasteiger partial charge in [-0.15, -0.1) is 0 Å². The summed E-state index contributed by atoms with van der Waals surface area (Å²) in [5, 5.41) is 10.6. The molecule has 0 N–H and O–H groups in total. The maximum atomic E-state index is 11.3. The molecule has 6 heteroatoms. The minimum Gasteiger partial charge on any atom is -0.463 e. The fourth-order valence-corrected chi connectivity index (χ4v) is 2.27. The summed E-state index contributed by atoms with van der Waals surface area (Å²) in [6, 6.07) is 6.42. The molecule has 1 aliphatic heterocycles. The van der Waals surface area contributed by atoms with Crippen LogP contribution in [0.4, 0.5) is 5.69 Å². The van der Waals surface area contributed by atoms with Gasteiger partial charge in [-0.1, -0.05) is 5.57 Å². The van der Waals surface area contributed by atoms with E-state index in [0.29, 0.717) is 6.61 Å². The molecular weight excluding hydrogens is 286 g/mol. The molecular formula is C16H19NO5. The first-order valence-electron chi connectivity index (χ1n) is 7.25. The van der Waals surface area contributed by atoms with Crippen LogP contribution in [0.1, 0.15) is 38.4 Å². The van der Waals surface area contributed by atoms with E-state index in [2.05, 4.69) is 0 Å². The molecule has 0 unspecified atom stereocenters. The Hall–Kier alpha value is -2.21. The summed E-state index contributed by atoms with van der Waals surface area (Å²) in [7, 11) is 0. The minimum absolute atomic E-state index is 0.00352. The zero-order chi connectivity index (χ0) is 16.1. The van der Waals surface area contributed by atoms with Crippen molar-refractivity contribution in [1.29, 1.82) is 0 Å². The average molecular weight is 305 g/mol. The minimum atomic E-state index is -0.418. The molecule has 6 nitrogen and oxygen atoms in total. The molecule has 1 fully saturated rings. The summed E-state index contributed by atoms with van der Waals surface area (Å²) in [6.07, 6.45) is 3.17. The molecule has 1 aliphatic rings. The molecule has 1 heterocycles. The van der Waals surface area contributed by atoms with Crippen LogP contribution in [0, 0.1) is 10.1 Å². The van der Waals surface area contributed by atoms with Crippen LogP contribution in [0.15, 0.2) is 35.9 Å². The number of esters is 1.